The second-order valence-corrected chi connectivity index (χ2v) is 10.8. The number of nitrogens with zero attached hydrogens (tertiary/aromatic N) is 3. The van der Waals surface area contributed by atoms with E-state index < -0.39 is 0 Å². The Bertz CT molecular complexity index is 759. The van der Waals surface area contributed by atoms with Crippen LogP contribution in [0.25, 0.3) is 0 Å². The molecule has 0 bridgehead atoms. The summed E-state index contributed by atoms with van der Waals surface area (Å²) in [4.78, 5) is 33.3. The Labute approximate surface area is 200 Å². The number of nitrogens with one attached hydrogen (secondary N) is 1. The van der Waals surface area contributed by atoms with Gasteiger partial charge in [0, 0.05) is 38.8 Å². The number of benzene rings is 1. The highest BCUT2D eigenvalue weighted by Gasteiger charge is 2.39. The number of piperazine rings is 1. The summed E-state index contributed by atoms with van der Waals surface area (Å²) in [5.41, 5.74) is 1.32. The van der Waals surface area contributed by atoms with Gasteiger partial charge >= 0.3 is 0 Å². The summed E-state index contributed by atoms with van der Waals surface area (Å²) in [5.74, 6) is 1.05. The van der Waals surface area contributed by atoms with Crippen molar-refractivity contribution in [3.63, 3.8) is 0 Å². The molecule has 2 amide bonds. The highest BCUT2D eigenvalue weighted by atomic mass is 16.2. The van der Waals surface area contributed by atoms with Crippen LogP contribution in [-0.4, -0.2) is 77.9 Å². The molecule has 0 aliphatic carbocycles. The van der Waals surface area contributed by atoms with Crippen LogP contribution >= 0.6 is 0 Å². The van der Waals surface area contributed by atoms with Crippen LogP contribution in [0.2, 0.25) is 0 Å². The fourth-order valence-electron chi connectivity index (χ4n) is 5.27. The lowest BCUT2D eigenvalue weighted by molar-refractivity contribution is -0.150. The van der Waals surface area contributed by atoms with Crippen LogP contribution in [-0.2, 0) is 16.1 Å². The van der Waals surface area contributed by atoms with Crippen molar-refractivity contribution >= 4 is 11.8 Å². The van der Waals surface area contributed by atoms with Crippen LogP contribution < -0.4 is 5.32 Å². The number of rotatable bonds is 9. The third-order valence-corrected chi connectivity index (χ3v) is 7.06. The number of carbonyl (C=O) groups excluding carboxylic acids is 2. The first-order valence-electron chi connectivity index (χ1n) is 12.8. The predicted octanol–water partition coefficient (Wildman–Crippen LogP) is 3.37. The monoisotopic (exact) mass is 456 g/mol. The maximum atomic E-state index is 13.7. The van der Waals surface area contributed by atoms with E-state index >= 15 is 0 Å². The Balaban J connectivity index is 1.61. The fourth-order valence-corrected chi connectivity index (χ4v) is 5.27. The molecule has 0 aromatic heterocycles. The minimum Gasteiger partial charge on any atom is -0.341 e. The summed E-state index contributed by atoms with van der Waals surface area (Å²) >= 11 is 0. The lowest BCUT2D eigenvalue weighted by Gasteiger charge is -2.43. The Morgan fingerprint density at radius 2 is 1.73 bits per heavy atom. The van der Waals surface area contributed by atoms with Gasteiger partial charge in [-0.25, -0.2) is 0 Å². The first-order chi connectivity index (χ1) is 15.8. The second-order valence-electron chi connectivity index (χ2n) is 10.8. The topological polar surface area (TPSA) is 55.9 Å². The molecule has 0 saturated carbocycles. The molecule has 6 heteroatoms. The molecule has 2 aliphatic heterocycles. The molecule has 0 spiro atoms. The Morgan fingerprint density at radius 3 is 2.33 bits per heavy atom. The van der Waals surface area contributed by atoms with Crippen LogP contribution in [0, 0.1) is 11.8 Å². The predicted molar refractivity (Wildman–Crippen MR) is 134 cm³/mol. The minimum absolute atomic E-state index is 0.103. The number of hydrogen-bond acceptors (Lipinski definition) is 4. The number of piperidine rings is 1. The molecule has 2 heterocycles. The lowest BCUT2D eigenvalue weighted by Crippen LogP contribution is -2.62. The number of amides is 2. The smallest absolute Gasteiger partial charge is 0.245 e. The SMILES string of the molecule is CC(C)C[C@@H]1NCCN([C@@H](CC(C)C)C(=O)N2CCC(N(C)Cc3ccccc3)CC2)C1=O. The molecule has 6 nitrogen and oxygen atoms in total. The summed E-state index contributed by atoms with van der Waals surface area (Å²) in [6, 6.07) is 10.5. The van der Waals surface area contributed by atoms with E-state index in [0.29, 0.717) is 24.4 Å². The molecule has 33 heavy (non-hydrogen) atoms. The molecule has 1 aromatic carbocycles. The molecular weight excluding hydrogens is 412 g/mol. The van der Waals surface area contributed by atoms with E-state index in [4.69, 9.17) is 0 Å². The molecule has 1 N–H and O–H groups in total. The van der Waals surface area contributed by atoms with Gasteiger partial charge in [0.15, 0.2) is 0 Å². The largest absolute Gasteiger partial charge is 0.341 e. The van der Waals surface area contributed by atoms with E-state index in [1.54, 1.807) is 0 Å². The molecule has 184 valence electrons. The molecule has 3 rings (SSSR count). The molecule has 2 saturated heterocycles. The van der Waals surface area contributed by atoms with Gasteiger partial charge in [0.25, 0.3) is 0 Å². The van der Waals surface area contributed by atoms with Crippen LogP contribution in [0.4, 0.5) is 0 Å². The second kappa shape index (κ2) is 12.0. The summed E-state index contributed by atoms with van der Waals surface area (Å²) in [6.45, 7) is 12.4. The van der Waals surface area contributed by atoms with Gasteiger partial charge in [-0.2, -0.15) is 0 Å². The zero-order valence-corrected chi connectivity index (χ0v) is 21.3. The van der Waals surface area contributed by atoms with Crippen molar-refractivity contribution < 1.29 is 9.59 Å². The van der Waals surface area contributed by atoms with Gasteiger partial charge in [0.1, 0.15) is 6.04 Å². The third-order valence-electron chi connectivity index (χ3n) is 7.06. The number of carbonyl (C=O) groups is 2. The van der Waals surface area contributed by atoms with Crippen molar-refractivity contribution in [2.75, 3.05) is 33.2 Å². The summed E-state index contributed by atoms with van der Waals surface area (Å²) in [6.07, 6.45) is 3.51. The van der Waals surface area contributed by atoms with Gasteiger partial charge < -0.3 is 15.1 Å². The van der Waals surface area contributed by atoms with Crippen LogP contribution in [0.5, 0.6) is 0 Å². The highest BCUT2D eigenvalue weighted by molar-refractivity contribution is 5.90. The minimum atomic E-state index is -0.340. The first kappa shape index (κ1) is 25.7. The van der Waals surface area contributed by atoms with Crippen LogP contribution in [0.3, 0.4) is 0 Å². The first-order valence-corrected chi connectivity index (χ1v) is 12.8. The van der Waals surface area contributed by atoms with Gasteiger partial charge in [-0.05, 0) is 50.1 Å². The fraction of sp³-hybridized carbons (Fsp3) is 0.704. The molecule has 2 fully saturated rings. The normalized spacial score (nSPS) is 21.3. The summed E-state index contributed by atoms with van der Waals surface area (Å²) in [5, 5.41) is 3.37. The highest BCUT2D eigenvalue weighted by Crippen LogP contribution is 2.23. The summed E-state index contributed by atoms with van der Waals surface area (Å²) in [7, 11) is 2.19. The Kier molecular flexibility index (Phi) is 9.33. The van der Waals surface area contributed by atoms with E-state index in [1.165, 1.54) is 5.56 Å². The molecule has 0 unspecified atom stereocenters. The van der Waals surface area contributed by atoms with Crippen LogP contribution in [0.1, 0.15) is 58.9 Å². The standard InChI is InChI=1S/C27H44N4O2/c1-20(2)17-24-26(32)31(16-13-28-24)25(18-21(3)4)27(33)30-14-11-23(12-15-30)29(5)19-22-9-7-6-8-10-22/h6-10,20-21,23-25,28H,11-19H2,1-5H3/t24-,25-/m0/s1. The maximum Gasteiger partial charge on any atom is 0.245 e. The number of hydrogen-bond donors (Lipinski definition) is 1. The van der Waals surface area contributed by atoms with Gasteiger partial charge in [0.05, 0.1) is 6.04 Å². The van der Waals surface area contributed by atoms with Crippen molar-refractivity contribution in [3.8, 4) is 0 Å². The Hall–Kier alpha value is -1.92. The average Bonchev–Trinajstić information content (AvgIpc) is 2.79. The number of likely N-dealkylation sites (tertiary alicyclic amines) is 1. The van der Waals surface area contributed by atoms with Crippen molar-refractivity contribution in [3.05, 3.63) is 35.9 Å². The van der Waals surface area contributed by atoms with Crippen molar-refractivity contribution in [2.24, 2.45) is 11.8 Å². The summed E-state index contributed by atoms with van der Waals surface area (Å²) < 4.78 is 0. The Morgan fingerprint density at radius 1 is 1.06 bits per heavy atom. The maximum absolute atomic E-state index is 13.7. The third kappa shape index (κ3) is 7.03. The van der Waals surface area contributed by atoms with E-state index in [9.17, 15) is 9.59 Å². The molecule has 2 aliphatic rings. The van der Waals surface area contributed by atoms with E-state index in [-0.39, 0.29) is 23.9 Å². The molecule has 1 aromatic rings. The van der Waals surface area contributed by atoms with Crippen molar-refractivity contribution in [1.82, 2.24) is 20.0 Å². The van der Waals surface area contributed by atoms with E-state index in [2.05, 4.69) is 75.3 Å². The van der Waals surface area contributed by atoms with Gasteiger partial charge in [0.2, 0.25) is 11.8 Å². The molecule has 0 radical (unpaired) electrons. The molecule has 2 atom stereocenters. The average molecular weight is 457 g/mol. The van der Waals surface area contributed by atoms with E-state index in [1.807, 2.05) is 9.80 Å². The van der Waals surface area contributed by atoms with Gasteiger partial charge in [-0.3, -0.25) is 14.5 Å². The van der Waals surface area contributed by atoms with Crippen molar-refractivity contribution in [2.45, 2.75) is 78.0 Å². The van der Waals surface area contributed by atoms with E-state index in [0.717, 1.165) is 51.9 Å². The quantitative estimate of drug-likeness (QED) is 0.619. The zero-order valence-electron chi connectivity index (χ0n) is 21.3. The molecular formula is C27H44N4O2. The van der Waals surface area contributed by atoms with Gasteiger partial charge in [-0.15, -0.1) is 0 Å². The zero-order chi connectivity index (χ0) is 24.0. The van der Waals surface area contributed by atoms with Crippen molar-refractivity contribution in [1.29, 1.82) is 0 Å². The van der Waals surface area contributed by atoms with Crippen LogP contribution in [0.15, 0.2) is 30.3 Å². The lowest BCUT2D eigenvalue weighted by atomic mass is 9.95. The van der Waals surface area contributed by atoms with Gasteiger partial charge in [-0.1, -0.05) is 58.0 Å².